The first-order valence-corrected chi connectivity index (χ1v) is 18.5. The molecule has 0 atom stereocenters. The van der Waals surface area contributed by atoms with Crippen LogP contribution in [0, 0.1) is 0 Å². The molecule has 0 aromatic heterocycles. The van der Waals surface area contributed by atoms with Gasteiger partial charge in [-0.05, 0) is 79.7 Å². The van der Waals surface area contributed by atoms with Crippen LogP contribution in [0.15, 0.2) is 78.9 Å². The number of hydrogen-bond acceptors (Lipinski definition) is 6. The van der Waals surface area contributed by atoms with Gasteiger partial charge in [-0.2, -0.15) is 4.31 Å². The highest BCUT2D eigenvalue weighted by molar-refractivity contribution is 7.88. The van der Waals surface area contributed by atoms with Crippen LogP contribution in [0.1, 0.15) is 68.3 Å². The van der Waals surface area contributed by atoms with Gasteiger partial charge in [0.15, 0.2) is 0 Å². The Bertz CT molecular complexity index is 1420. The summed E-state index contributed by atoms with van der Waals surface area (Å²) < 4.78 is 29.4. The van der Waals surface area contributed by atoms with Gasteiger partial charge < -0.3 is 20.3 Å². The first kappa shape index (κ1) is 39.4. The number of carbonyl (C=O) groups is 2. The summed E-state index contributed by atoms with van der Waals surface area (Å²) in [5.41, 5.74) is 4.02. The summed E-state index contributed by atoms with van der Waals surface area (Å²) in [6.45, 7) is 8.45. The minimum Gasteiger partial charge on any atom is -0.497 e. The highest BCUT2D eigenvalue weighted by Gasteiger charge is 2.26. The van der Waals surface area contributed by atoms with Crippen LogP contribution in [0.3, 0.4) is 0 Å². The van der Waals surface area contributed by atoms with E-state index in [-0.39, 0.29) is 31.4 Å². The fourth-order valence-corrected chi connectivity index (χ4v) is 5.56. The SMILES string of the molecule is CC.CCCCNC.COc1ccc(C2CC2)cc1.CS(=O)(=O)N1CCN(C(=O)CNC(=O)c2ccc(-c3ccccc3)cc2)CC1. The van der Waals surface area contributed by atoms with Gasteiger partial charge in [-0.15, -0.1) is 0 Å². The molecule has 258 valence electrons. The zero-order chi connectivity index (χ0) is 34.7. The number of rotatable bonds is 10. The molecule has 9 nitrogen and oxygen atoms in total. The van der Waals surface area contributed by atoms with E-state index in [9.17, 15) is 18.0 Å². The molecular formula is C37H54N4O5S. The number of nitrogens with zero attached hydrogens (tertiary/aromatic N) is 2. The third-order valence-corrected chi connectivity index (χ3v) is 8.96. The van der Waals surface area contributed by atoms with Crippen molar-refractivity contribution in [3.63, 3.8) is 0 Å². The molecule has 0 radical (unpaired) electrons. The summed E-state index contributed by atoms with van der Waals surface area (Å²) >= 11 is 0. The number of unbranched alkanes of at least 4 members (excludes halogenated alkanes) is 1. The van der Waals surface area contributed by atoms with Crippen molar-refractivity contribution in [1.82, 2.24) is 19.8 Å². The number of carbonyl (C=O) groups excluding carboxylic acids is 2. The lowest BCUT2D eigenvalue weighted by molar-refractivity contribution is -0.131. The van der Waals surface area contributed by atoms with Crippen molar-refractivity contribution in [3.8, 4) is 16.9 Å². The summed E-state index contributed by atoms with van der Waals surface area (Å²) in [6, 6.07) is 25.5. The van der Waals surface area contributed by atoms with Crippen LogP contribution in [0.5, 0.6) is 5.75 Å². The number of methoxy groups -OCH3 is 1. The van der Waals surface area contributed by atoms with E-state index in [1.807, 2.05) is 75.5 Å². The van der Waals surface area contributed by atoms with Crippen LogP contribution in [-0.2, 0) is 14.8 Å². The lowest BCUT2D eigenvalue weighted by Crippen LogP contribution is -2.52. The minimum atomic E-state index is -3.23. The number of nitrogens with one attached hydrogen (secondary N) is 2. The molecule has 1 heterocycles. The molecule has 3 aromatic carbocycles. The molecule has 47 heavy (non-hydrogen) atoms. The van der Waals surface area contributed by atoms with Crippen molar-refractivity contribution >= 4 is 21.8 Å². The molecule has 1 aliphatic carbocycles. The first-order valence-electron chi connectivity index (χ1n) is 16.6. The summed E-state index contributed by atoms with van der Waals surface area (Å²) in [4.78, 5) is 26.1. The van der Waals surface area contributed by atoms with Gasteiger partial charge in [-0.25, -0.2) is 8.42 Å². The van der Waals surface area contributed by atoms with Crippen molar-refractivity contribution in [2.75, 3.05) is 59.7 Å². The number of piperazine rings is 1. The first-order chi connectivity index (χ1) is 22.7. The zero-order valence-electron chi connectivity index (χ0n) is 29.0. The van der Waals surface area contributed by atoms with E-state index in [1.54, 1.807) is 24.1 Å². The summed E-state index contributed by atoms with van der Waals surface area (Å²) in [6.07, 6.45) is 6.49. The third-order valence-electron chi connectivity index (χ3n) is 7.66. The maximum absolute atomic E-state index is 12.3. The van der Waals surface area contributed by atoms with Crippen molar-refractivity contribution in [1.29, 1.82) is 0 Å². The summed E-state index contributed by atoms with van der Waals surface area (Å²) in [5, 5.41) is 5.70. The average molecular weight is 667 g/mol. The van der Waals surface area contributed by atoms with E-state index >= 15 is 0 Å². The van der Waals surface area contributed by atoms with Gasteiger partial charge in [0, 0.05) is 31.7 Å². The predicted molar refractivity (Wildman–Crippen MR) is 192 cm³/mol. The van der Waals surface area contributed by atoms with Gasteiger partial charge in [0.2, 0.25) is 15.9 Å². The van der Waals surface area contributed by atoms with Gasteiger partial charge in [-0.3, -0.25) is 9.59 Å². The van der Waals surface area contributed by atoms with Gasteiger partial charge in [0.1, 0.15) is 5.75 Å². The Morgan fingerprint density at radius 1 is 0.851 bits per heavy atom. The minimum absolute atomic E-state index is 0.113. The predicted octanol–water partition coefficient (Wildman–Crippen LogP) is 5.79. The van der Waals surface area contributed by atoms with Crippen LogP contribution < -0.4 is 15.4 Å². The number of hydrogen-bond donors (Lipinski definition) is 2. The maximum Gasteiger partial charge on any atom is 0.251 e. The van der Waals surface area contributed by atoms with Crippen LogP contribution in [0.25, 0.3) is 11.1 Å². The van der Waals surface area contributed by atoms with E-state index in [0.29, 0.717) is 18.7 Å². The van der Waals surface area contributed by atoms with E-state index in [0.717, 1.165) is 35.6 Å². The molecule has 1 aliphatic heterocycles. The largest absolute Gasteiger partial charge is 0.497 e. The number of sulfonamides is 1. The van der Waals surface area contributed by atoms with E-state index < -0.39 is 10.0 Å². The monoisotopic (exact) mass is 666 g/mol. The Labute approximate surface area is 282 Å². The van der Waals surface area contributed by atoms with E-state index in [4.69, 9.17) is 4.74 Å². The molecule has 1 saturated carbocycles. The highest BCUT2D eigenvalue weighted by atomic mass is 32.2. The molecule has 1 saturated heterocycles. The molecule has 2 N–H and O–H groups in total. The Kier molecular flexibility index (Phi) is 17.8. The normalized spacial score (nSPS) is 14.2. The number of amides is 2. The Morgan fingerprint density at radius 2 is 1.43 bits per heavy atom. The topological polar surface area (TPSA) is 108 Å². The quantitative estimate of drug-likeness (QED) is 0.265. The smallest absolute Gasteiger partial charge is 0.251 e. The van der Waals surface area contributed by atoms with Gasteiger partial charge in [0.05, 0.1) is 19.9 Å². The van der Waals surface area contributed by atoms with Crippen molar-refractivity contribution < 1.29 is 22.7 Å². The summed E-state index contributed by atoms with van der Waals surface area (Å²) in [5.74, 6) is 1.26. The molecule has 3 aromatic rings. The lowest BCUT2D eigenvalue weighted by Gasteiger charge is -2.33. The molecule has 2 amide bonds. The fourth-order valence-electron chi connectivity index (χ4n) is 4.73. The van der Waals surface area contributed by atoms with E-state index in [1.165, 1.54) is 35.6 Å². The second kappa shape index (κ2) is 21.2. The average Bonchev–Trinajstić information content (AvgIpc) is 3.97. The fraction of sp³-hybridized carbons (Fsp3) is 0.459. The van der Waals surface area contributed by atoms with Crippen molar-refractivity contribution in [2.24, 2.45) is 0 Å². The molecule has 0 bridgehead atoms. The van der Waals surface area contributed by atoms with Crippen LogP contribution in [-0.4, -0.2) is 89.1 Å². The van der Waals surface area contributed by atoms with E-state index in [2.05, 4.69) is 29.7 Å². The second-order valence-electron chi connectivity index (χ2n) is 11.2. The molecule has 0 spiro atoms. The highest BCUT2D eigenvalue weighted by Crippen LogP contribution is 2.40. The van der Waals surface area contributed by atoms with Crippen LogP contribution in [0.2, 0.25) is 0 Å². The third kappa shape index (κ3) is 14.3. The second-order valence-corrected chi connectivity index (χ2v) is 13.2. The number of benzene rings is 3. The van der Waals surface area contributed by atoms with Gasteiger partial charge in [-0.1, -0.05) is 81.8 Å². The molecule has 0 unspecified atom stereocenters. The Balaban J connectivity index is 0.000000329. The Morgan fingerprint density at radius 3 is 1.89 bits per heavy atom. The van der Waals surface area contributed by atoms with Gasteiger partial charge in [0.25, 0.3) is 5.91 Å². The summed E-state index contributed by atoms with van der Waals surface area (Å²) in [7, 11) is 0.448. The maximum atomic E-state index is 12.3. The van der Waals surface area contributed by atoms with Crippen LogP contribution >= 0.6 is 0 Å². The zero-order valence-corrected chi connectivity index (χ0v) is 29.8. The van der Waals surface area contributed by atoms with Crippen molar-refractivity contribution in [2.45, 2.75) is 52.4 Å². The molecule has 5 rings (SSSR count). The lowest BCUT2D eigenvalue weighted by atomic mass is 10.0. The number of ether oxygens (including phenoxy) is 1. The van der Waals surface area contributed by atoms with Gasteiger partial charge >= 0.3 is 0 Å². The Hall–Kier alpha value is -3.73. The molecular weight excluding hydrogens is 612 g/mol. The molecule has 2 fully saturated rings. The standard InChI is InChI=1S/C20H23N3O4S.C10H12O.C5H13N.C2H6/c1-28(26,27)23-13-11-22(12-14-23)19(24)15-21-20(25)18-9-7-17(8-10-18)16-5-3-2-4-6-16;1-11-10-6-4-9(5-7-10)8-2-3-8;1-3-4-5-6-2;1-2/h2-10H,11-15H2,1H3,(H,21,25);4-8H,2-3H2,1H3;6H,3-5H2,1-2H3;1-2H3. The molecule has 10 heteroatoms. The van der Waals surface area contributed by atoms with Crippen molar-refractivity contribution in [3.05, 3.63) is 90.0 Å². The molecule has 2 aliphatic rings. The van der Waals surface area contributed by atoms with Crippen LogP contribution in [0.4, 0.5) is 0 Å².